The van der Waals surface area contributed by atoms with Crippen LogP contribution in [-0.4, -0.2) is 23.0 Å². The van der Waals surface area contributed by atoms with E-state index in [1.165, 1.54) is 25.7 Å². The Morgan fingerprint density at radius 3 is 2.88 bits per heavy atom. The quantitative estimate of drug-likeness (QED) is 0.872. The van der Waals surface area contributed by atoms with Crippen molar-refractivity contribution in [1.82, 2.24) is 9.88 Å². The van der Waals surface area contributed by atoms with Gasteiger partial charge in [-0.2, -0.15) is 0 Å². The van der Waals surface area contributed by atoms with Gasteiger partial charge in [-0.05, 0) is 37.9 Å². The third-order valence-corrected chi connectivity index (χ3v) is 3.88. The molecular weight excluding hydrogens is 210 g/mol. The van der Waals surface area contributed by atoms with E-state index in [0.29, 0.717) is 6.04 Å². The monoisotopic (exact) mass is 233 g/mol. The van der Waals surface area contributed by atoms with Gasteiger partial charge < -0.3 is 5.73 Å². The number of nitrogens with zero attached hydrogens (tertiary/aromatic N) is 2. The Bertz CT molecular complexity index is 364. The standard InChI is InChI=1S/C14H23N3/c1-11-5-3-4-6-14(11)17(2)10-13-9-12(15)7-8-16-13/h7-9,11,14H,3-6,10H2,1-2H3,(H2,15,16). The second-order valence-electron chi connectivity index (χ2n) is 5.32. The zero-order chi connectivity index (χ0) is 12.3. The summed E-state index contributed by atoms with van der Waals surface area (Å²) >= 11 is 0. The van der Waals surface area contributed by atoms with Gasteiger partial charge in [0, 0.05) is 24.5 Å². The lowest BCUT2D eigenvalue weighted by atomic mass is 9.85. The van der Waals surface area contributed by atoms with Gasteiger partial charge in [-0.3, -0.25) is 9.88 Å². The summed E-state index contributed by atoms with van der Waals surface area (Å²) in [5, 5.41) is 0. The summed E-state index contributed by atoms with van der Waals surface area (Å²) in [4.78, 5) is 6.81. The molecular formula is C14H23N3. The van der Waals surface area contributed by atoms with Crippen LogP contribution >= 0.6 is 0 Å². The maximum Gasteiger partial charge on any atom is 0.0564 e. The van der Waals surface area contributed by atoms with Crippen molar-refractivity contribution >= 4 is 5.69 Å². The Balaban J connectivity index is 1.98. The molecule has 3 heteroatoms. The number of hydrogen-bond acceptors (Lipinski definition) is 3. The number of nitrogens with two attached hydrogens (primary N) is 1. The normalized spacial score (nSPS) is 25.1. The molecule has 2 unspecified atom stereocenters. The molecule has 0 aliphatic heterocycles. The highest BCUT2D eigenvalue weighted by molar-refractivity contribution is 5.37. The topological polar surface area (TPSA) is 42.1 Å². The summed E-state index contributed by atoms with van der Waals surface area (Å²) in [7, 11) is 2.21. The van der Waals surface area contributed by atoms with Gasteiger partial charge in [-0.25, -0.2) is 0 Å². The fourth-order valence-corrected chi connectivity index (χ4v) is 2.91. The van der Waals surface area contributed by atoms with Crippen molar-refractivity contribution in [2.75, 3.05) is 12.8 Å². The number of rotatable bonds is 3. The first-order valence-corrected chi connectivity index (χ1v) is 6.57. The number of hydrogen-bond donors (Lipinski definition) is 1. The van der Waals surface area contributed by atoms with E-state index in [-0.39, 0.29) is 0 Å². The molecule has 1 aromatic heterocycles. The molecule has 94 valence electrons. The molecule has 0 aromatic carbocycles. The molecule has 0 spiro atoms. The fourth-order valence-electron chi connectivity index (χ4n) is 2.91. The summed E-state index contributed by atoms with van der Waals surface area (Å²) in [6.07, 6.45) is 7.23. The van der Waals surface area contributed by atoms with Crippen LogP contribution in [0.15, 0.2) is 18.3 Å². The van der Waals surface area contributed by atoms with Crippen LogP contribution in [0.5, 0.6) is 0 Å². The average molecular weight is 233 g/mol. The van der Waals surface area contributed by atoms with Crippen LogP contribution in [-0.2, 0) is 6.54 Å². The Morgan fingerprint density at radius 2 is 2.18 bits per heavy atom. The molecule has 1 aliphatic carbocycles. The lowest BCUT2D eigenvalue weighted by Gasteiger charge is -2.36. The van der Waals surface area contributed by atoms with Crippen molar-refractivity contribution in [2.45, 2.75) is 45.2 Å². The summed E-state index contributed by atoms with van der Waals surface area (Å²) in [5.74, 6) is 0.801. The maximum atomic E-state index is 5.78. The Kier molecular flexibility index (Phi) is 4.00. The molecule has 3 nitrogen and oxygen atoms in total. The number of pyridine rings is 1. The van der Waals surface area contributed by atoms with Crippen LogP contribution in [0, 0.1) is 5.92 Å². The second-order valence-corrected chi connectivity index (χ2v) is 5.32. The highest BCUT2D eigenvalue weighted by Crippen LogP contribution is 2.28. The van der Waals surface area contributed by atoms with Gasteiger partial charge in [0.05, 0.1) is 5.69 Å². The van der Waals surface area contributed by atoms with Crippen molar-refractivity contribution in [3.8, 4) is 0 Å². The fraction of sp³-hybridized carbons (Fsp3) is 0.643. The smallest absolute Gasteiger partial charge is 0.0564 e. The van der Waals surface area contributed by atoms with E-state index >= 15 is 0 Å². The third kappa shape index (κ3) is 3.19. The third-order valence-electron chi connectivity index (χ3n) is 3.88. The van der Waals surface area contributed by atoms with Crippen LogP contribution < -0.4 is 5.73 Å². The van der Waals surface area contributed by atoms with E-state index in [1.54, 1.807) is 6.20 Å². The molecule has 1 fully saturated rings. The number of nitrogen functional groups attached to an aromatic ring is 1. The Morgan fingerprint density at radius 1 is 1.41 bits per heavy atom. The molecule has 2 rings (SSSR count). The molecule has 2 atom stereocenters. The molecule has 1 heterocycles. The Hall–Kier alpha value is -1.09. The largest absolute Gasteiger partial charge is 0.399 e. The van der Waals surface area contributed by atoms with Crippen molar-refractivity contribution in [1.29, 1.82) is 0 Å². The molecule has 1 saturated carbocycles. The molecule has 0 bridgehead atoms. The zero-order valence-electron chi connectivity index (χ0n) is 10.9. The van der Waals surface area contributed by atoms with E-state index in [0.717, 1.165) is 23.8 Å². The van der Waals surface area contributed by atoms with Crippen molar-refractivity contribution in [3.63, 3.8) is 0 Å². The first-order chi connectivity index (χ1) is 8.16. The highest BCUT2D eigenvalue weighted by atomic mass is 15.1. The van der Waals surface area contributed by atoms with E-state index in [9.17, 15) is 0 Å². The zero-order valence-corrected chi connectivity index (χ0v) is 10.9. The molecule has 0 saturated heterocycles. The van der Waals surface area contributed by atoms with Gasteiger partial charge in [0.15, 0.2) is 0 Å². The van der Waals surface area contributed by atoms with Gasteiger partial charge >= 0.3 is 0 Å². The van der Waals surface area contributed by atoms with Crippen molar-refractivity contribution in [3.05, 3.63) is 24.0 Å². The van der Waals surface area contributed by atoms with Gasteiger partial charge in [0.2, 0.25) is 0 Å². The molecule has 0 radical (unpaired) electrons. The summed E-state index contributed by atoms with van der Waals surface area (Å²) < 4.78 is 0. The summed E-state index contributed by atoms with van der Waals surface area (Å²) in [5.41, 5.74) is 7.66. The van der Waals surface area contributed by atoms with Gasteiger partial charge in [0.1, 0.15) is 0 Å². The highest BCUT2D eigenvalue weighted by Gasteiger charge is 2.24. The molecule has 1 aliphatic rings. The second kappa shape index (κ2) is 5.50. The molecule has 17 heavy (non-hydrogen) atoms. The van der Waals surface area contributed by atoms with Crippen molar-refractivity contribution < 1.29 is 0 Å². The maximum absolute atomic E-state index is 5.78. The van der Waals surface area contributed by atoms with Crippen LogP contribution in [0.25, 0.3) is 0 Å². The lowest BCUT2D eigenvalue weighted by Crippen LogP contribution is -2.38. The van der Waals surface area contributed by atoms with Crippen LogP contribution in [0.3, 0.4) is 0 Å². The minimum Gasteiger partial charge on any atom is -0.399 e. The van der Waals surface area contributed by atoms with E-state index < -0.39 is 0 Å². The van der Waals surface area contributed by atoms with Crippen LogP contribution in [0.2, 0.25) is 0 Å². The first kappa shape index (κ1) is 12.4. The van der Waals surface area contributed by atoms with Crippen LogP contribution in [0.1, 0.15) is 38.3 Å². The van der Waals surface area contributed by atoms with E-state index in [2.05, 4.69) is 23.9 Å². The molecule has 0 amide bonds. The minimum atomic E-state index is 0.701. The minimum absolute atomic E-state index is 0.701. The summed E-state index contributed by atoms with van der Waals surface area (Å²) in [6, 6.07) is 4.52. The van der Waals surface area contributed by atoms with E-state index in [1.807, 2.05) is 12.1 Å². The lowest BCUT2D eigenvalue weighted by molar-refractivity contribution is 0.132. The Labute approximate surface area is 104 Å². The first-order valence-electron chi connectivity index (χ1n) is 6.57. The molecule has 2 N–H and O–H groups in total. The van der Waals surface area contributed by atoms with Gasteiger partial charge in [-0.1, -0.05) is 19.8 Å². The number of aromatic nitrogens is 1. The van der Waals surface area contributed by atoms with Crippen molar-refractivity contribution in [2.24, 2.45) is 5.92 Å². The predicted octanol–water partition coefficient (Wildman–Crippen LogP) is 2.67. The van der Waals surface area contributed by atoms with Gasteiger partial charge in [0.25, 0.3) is 0 Å². The van der Waals surface area contributed by atoms with E-state index in [4.69, 9.17) is 5.73 Å². The SMILES string of the molecule is CC1CCCCC1N(C)Cc1cc(N)ccn1. The molecule has 1 aromatic rings. The van der Waals surface area contributed by atoms with Gasteiger partial charge in [-0.15, -0.1) is 0 Å². The average Bonchev–Trinajstić information content (AvgIpc) is 2.29. The number of anilines is 1. The summed E-state index contributed by atoms with van der Waals surface area (Å²) in [6.45, 7) is 3.27. The van der Waals surface area contributed by atoms with Crippen LogP contribution in [0.4, 0.5) is 5.69 Å². The predicted molar refractivity (Wildman–Crippen MR) is 71.5 cm³/mol.